The zero-order valence-electron chi connectivity index (χ0n) is 9.87. The normalized spacial score (nSPS) is 11.1. The molecule has 1 aromatic rings. The molecule has 0 bridgehead atoms. The van der Waals surface area contributed by atoms with Crippen molar-refractivity contribution in [2.45, 2.75) is 26.3 Å². The van der Waals surface area contributed by atoms with Crippen LogP contribution in [0.4, 0.5) is 4.39 Å². The smallest absolute Gasteiger partial charge is 0.328 e. The van der Waals surface area contributed by atoms with E-state index in [0.717, 1.165) is 6.07 Å². The molecule has 0 aliphatic heterocycles. The minimum atomic E-state index is -1.39. The van der Waals surface area contributed by atoms with Crippen LogP contribution in [0.3, 0.4) is 0 Å². The average molecular weight is 239 g/mol. The number of nitrogens with one attached hydrogen (secondary N) is 1. The highest BCUT2D eigenvalue weighted by Crippen LogP contribution is 2.12. The summed E-state index contributed by atoms with van der Waals surface area (Å²) in [6, 6.07) is 3.80. The van der Waals surface area contributed by atoms with Gasteiger partial charge < -0.3 is 10.4 Å². The van der Waals surface area contributed by atoms with Crippen LogP contribution in [0.25, 0.3) is 0 Å². The van der Waals surface area contributed by atoms with Crippen LogP contribution in [0.5, 0.6) is 0 Å². The first-order valence-corrected chi connectivity index (χ1v) is 5.06. The lowest BCUT2D eigenvalue weighted by Gasteiger charge is -2.21. The van der Waals surface area contributed by atoms with Crippen molar-refractivity contribution in [3.8, 4) is 0 Å². The fourth-order valence-electron chi connectivity index (χ4n) is 1.24. The molecule has 2 N–H and O–H groups in total. The minimum Gasteiger partial charge on any atom is -0.480 e. The van der Waals surface area contributed by atoms with E-state index >= 15 is 0 Å². The number of carboxylic acid groups (broad SMARTS) is 1. The lowest BCUT2D eigenvalue weighted by Crippen LogP contribution is -2.49. The molecule has 0 heterocycles. The number of hydrogen-bond acceptors (Lipinski definition) is 2. The zero-order valence-corrected chi connectivity index (χ0v) is 9.87. The Morgan fingerprint density at radius 2 is 1.94 bits per heavy atom. The van der Waals surface area contributed by atoms with Gasteiger partial charge in [0.15, 0.2) is 0 Å². The van der Waals surface area contributed by atoms with Crippen LogP contribution >= 0.6 is 0 Å². The van der Waals surface area contributed by atoms with Crippen LogP contribution in [-0.2, 0) is 4.79 Å². The summed E-state index contributed by atoms with van der Waals surface area (Å²) in [7, 11) is 0. The number of aliphatic carboxylic acids is 1. The predicted octanol–water partition coefficient (Wildman–Crippen LogP) is 1.73. The summed E-state index contributed by atoms with van der Waals surface area (Å²) >= 11 is 0. The summed E-state index contributed by atoms with van der Waals surface area (Å²) in [5, 5.41) is 11.2. The van der Waals surface area contributed by atoms with Crippen molar-refractivity contribution < 1.29 is 19.1 Å². The van der Waals surface area contributed by atoms with Gasteiger partial charge in [-0.1, -0.05) is 6.07 Å². The standard InChI is InChI=1S/C12H14FNO3/c1-7-4-5-8(13)6-9(7)10(15)14-12(2,3)11(16)17/h4-6H,1-3H3,(H,14,15)(H,16,17). The Hall–Kier alpha value is -1.91. The largest absolute Gasteiger partial charge is 0.480 e. The molecule has 0 unspecified atom stereocenters. The number of rotatable bonds is 3. The maximum Gasteiger partial charge on any atom is 0.328 e. The molecule has 0 spiro atoms. The number of carboxylic acids is 1. The van der Waals surface area contributed by atoms with Gasteiger partial charge in [-0.25, -0.2) is 9.18 Å². The maximum absolute atomic E-state index is 13.0. The molecule has 0 aromatic heterocycles. The molecule has 0 fully saturated rings. The molecule has 0 saturated heterocycles. The van der Waals surface area contributed by atoms with Crippen molar-refractivity contribution in [2.24, 2.45) is 0 Å². The summed E-state index contributed by atoms with van der Waals surface area (Å²) in [5.41, 5.74) is -0.667. The number of hydrogen-bond donors (Lipinski definition) is 2. The molecule has 0 aliphatic rings. The van der Waals surface area contributed by atoms with Crippen molar-refractivity contribution >= 4 is 11.9 Å². The summed E-state index contributed by atoms with van der Waals surface area (Å²) in [4.78, 5) is 22.6. The third-order valence-electron chi connectivity index (χ3n) is 2.40. The van der Waals surface area contributed by atoms with E-state index in [1.165, 1.54) is 26.0 Å². The molecule has 0 atom stereocenters. The summed E-state index contributed by atoms with van der Waals surface area (Å²) in [6.07, 6.45) is 0. The monoisotopic (exact) mass is 239 g/mol. The van der Waals surface area contributed by atoms with Gasteiger partial charge in [0.05, 0.1) is 0 Å². The number of aryl methyl sites for hydroxylation is 1. The molecule has 5 heteroatoms. The zero-order chi connectivity index (χ0) is 13.2. The molecule has 1 amide bonds. The molecule has 0 saturated carbocycles. The highest BCUT2D eigenvalue weighted by atomic mass is 19.1. The number of benzene rings is 1. The van der Waals surface area contributed by atoms with Gasteiger partial charge >= 0.3 is 5.97 Å². The second kappa shape index (κ2) is 4.53. The first kappa shape index (κ1) is 13.2. The molecular formula is C12H14FNO3. The Morgan fingerprint density at radius 1 is 1.35 bits per heavy atom. The first-order chi connectivity index (χ1) is 7.74. The third-order valence-corrected chi connectivity index (χ3v) is 2.40. The Labute approximate surface area is 98.5 Å². The van der Waals surface area contributed by atoms with Gasteiger partial charge in [-0.3, -0.25) is 4.79 Å². The fourth-order valence-corrected chi connectivity index (χ4v) is 1.24. The highest BCUT2D eigenvalue weighted by molar-refractivity contribution is 5.98. The molecule has 1 rings (SSSR count). The van der Waals surface area contributed by atoms with E-state index in [1.807, 2.05) is 0 Å². The predicted molar refractivity (Wildman–Crippen MR) is 60.3 cm³/mol. The number of carbonyl (C=O) groups excluding carboxylic acids is 1. The van der Waals surface area contributed by atoms with Crippen molar-refractivity contribution in [3.63, 3.8) is 0 Å². The Kier molecular flexibility index (Phi) is 3.50. The van der Waals surface area contributed by atoms with Gasteiger partial charge in [-0.05, 0) is 38.5 Å². The van der Waals surface area contributed by atoms with Gasteiger partial charge in [-0.15, -0.1) is 0 Å². The molecular weight excluding hydrogens is 225 g/mol. The van der Waals surface area contributed by atoms with E-state index < -0.39 is 23.2 Å². The number of halogens is 1. The van der Waals surface area contributed by atoms with Crippen LogP contribution < -0.4 is 5.32 Å². The van der Waals surface area contributed by atoms with E-state index in [4.69, 9.17) is 5.11 Å². The molecule has 0 aliphatic carbocycles. The fraction of sp³-hybridized carbons (Fsp3) is 0.333. The Morgan fingerprint density at radius 3 is 2.47 bits per heavy atom. The van der Waals surface area contributed by atoms with Crippen LogP contribution in [0.1, 0.15) is 29.8 Å². The highest BCUT2D eigenvalue weighted by Gasteiger charge is 2.29. The van der Waals surface area contributed by atoms with Crippen molar-refractivity contribution in [3.05, 3.63) is 35.1 Å². The van der Waals surface area contributed by atoms with E-state index in [0.29, 0.717) is 5.56 Å². The van der Waals surface area contributed by atoms with Gasteiger partial charge in [0, 0.05) is 5.56 Å². The van der Waals surface area contributed by atoms with Crippen LogP contribution in [0, 0.1) is 12.7 Å². The number of carbonyl (C=O) groups is 2. The lowest BCUT2D eigenvalue weighted by molar-refractivity contribution is -0.143. The van der Waals surface area contributed by atoms with Crippen molar-refractivity contribution in [2.75, 3.05) is 0 Å². The molecule has 92 valence electrons. The summed E-state index contributed by atoms with van der Waals surface area (Å²) < 4.78 is 13.0. The van der Waals surface area contributed by atoms with E-state index in [-0.39, 0.29) is 5.56 Å². The van der Waals surface area contributed by atoms with E-state index in [9.17, 15) is 14.0 Å². The van der Waals surface area contributed by atoms with E-state index in [1.54, 1.807) is 6.92 Å². The van der Waals surface area contributed by atoms with Crippen molar-refractivity contribution in [1.82, 2.24) is 5.32 Å². The second-order valence-corrected chi connectivity index (χ2v) is 4.34. The van der Waals surface area contributed by atoms with Crippen LogP contribution in [-0.4, -0.2) is 22.5 Å². The molecule has 0 radical (unpaired) electrons. The number of amides is 1. The Bertz CT molecular complexity index is 469. The first-order valence-electron chi connectivity index (χ1n) is 5.06. The van der Waals surface area contributed by atoms with Gasteiger partial charge in [0.2, 0.25) is 0 Å². The van der Waals surface area contributed by atoms with Crippen LogP contribution in [0.2, 0.25) is 0 Å². The van der Waals surface area contributed by atoms with Gasteiger partial charge in [-0.2, -0.15) is 0 Å². The second-order valence-electron chi connectivity index (χ2n) is 4.34. The third kappa shape index (κ3) is 3.03. The van der Waals surface area contributed by atoms with Gasteiger partial charge in [0.25, 0.3) is 5.91 Å². The van der Waals surface area contributed by atoms with Crippen molar-refractivity contribution in [1.29, 1.82) is 0 Å². The average Bonchev–Trinajstić information content (AvgIpc) is 2.20. The Balaban J connectivity index is 2.98. The minimum absolute atomic E-state index is 0.138. The SMILES string of the molecule is Cc1ccc(F)cc1C(=O)NC(C)(C)C(=O)O. The van der Waals surface area contributed by atoms with Gasteiger partial charge in [0.1, 0.15) is 11.4 Å². The molecule has 4 nitrogen and oxygen atoms in total. The summed E-state index contributed by atoms with van der Waals surface area (Å²) in [6.45, 7) is 4.38. The maximum atomic E-state index is 13.0. The topological polar surface area (TPSA) is 66.4 Å². The summed E-state index contributed by atoms with van der Waals surface area (Å²) in [5.74, 6) is -2.29. The molecule has 17 heavy (non-hydrogen) atoms. The molecule has 1 aromatic carbocycles. The quantitative estimate of drug-likeness (QED) is 0.844. The van der Waals surface area contributed by atoms with E-state index in [2.05, 4.69) is 5.32 Å². The van der Waals surface area contributed by atoms with Crippen LogP contribution in [0.15, 0.2) is 18.2 Å². The lowest BCUT2D eigenvalue weighted by atomic mass is 10.0.